The smallest absolute Gasteiger partial charge is 0.302 e. The second-order valence-corrected chi connectivity index (χ2v) is 11.4. The van der Waals surface area contributed by atoms with Gasteiger partial charge >= 0.3 is 5.97 Å². The standard InChI is InChI=1S/C25H36O6/c1-14(26)18-7-8-19-17-6-5-16-11-25(29-9-10-30-25)13-21(28)24(16,4)22(17)20(31-15(2)27)12-23(18,19)3/h16-20,22H,5-13H2,1-4H3/t16?,17?,18?,19?,20-,22?,23-,24-/m1/s1. The third-order valence-corrected chi connectivity index (χ3v) is 10.0. The summed E-state index contributed by atoms with van der Waals surface area (Å²) in [5.74, 6) is 0.296. The molecule has 1 heterocycles. The molecule has 4 saturated carbocycles. The first kappa shape index (κ1) is 21.6. The van der Waals surface area contributed by atoms with Crippen LogP contribution in [0.25, 0.3) is 0 Å². The number of hydrogen-bond donors (Lipinski definition) is 0. The molecule has 8 atom stereocenters. The number of ether oxygens (including phenoxy) is 3. The van der Waals surface area contributed by atoms with Gasteiger partial charge in [0.2, 0.25) is 0 Å². The van der Waals surface area contributed by atoms with Gasteiger partial charge in [-0.15, -0.1) is 0 Å². The molecule has 6 heteroatoms. The molecule has 6 nitrogen and oxygen atoms in total. The summed E-state index contributed by atoms with van der Waals surface area (Å²) in [6.45, 7) is 8.61. The average molecular weight is 433 g/mol. The molecule has 1 aliphatic heterocycles. The monoisotopic (exact) mass is 432 g/mol. The van der Waals surface area contributed by atoms with Crippen molar-refractivity contribution in [3.63, 3.8) is 0 Å². The highest BCUT2D eigenvalue weighted by Crippen LogP contribution is 2.68. The Kier molecular flexibility index (Phi) is 4.95. The van der Waals surface area contributed by atoms with E-state index in [1.807, 2.05) is 0 Å². The Morgan fingerprint density at radius 1 is 1.00 bits per heavy atom. The van der Waals surface area contributed by atoms with E-state index in [9.17, 15) is 14.4 Å². The van der Waals surface area contributed by atoms with Crippen LogP contribution in [0, 0.1) is 40.4 Å². The average Bonchev–Trinajstić information content (AvgIpc) is 3.26. The van der Waals surface area contributed by atoms with E-state index < -0.39 is 11.2 Å². The molecule has 5 aliphatic rings. The third kappa shape index (κ3) is 3.00. The highest BCUT2D eigenvalue weighted by Gasteiger charge is 2.68. The lowest BCUT2D eigenvalue weighted by molar-refractivity contribution is -0.234. The molecule has 1 spiro atoms. The van der Waals surface area contributed by atoms with Crippen molar-refractivity contribution in [1.29, 1.82) is 0 Å². The zero-order chi connectivity index (χ0) is 22.2. The number of fused-ring (bicyclic) bond motifs is 5. The second-order valence-electron chi connectivity index (χ2n) is 11.4. The number of rotatable bonds is 2. The number of esters is 1. The first-order valence-corrected chi connectivity index (χ1v) is 12.1. The zero-order valence-corrected chi connectivity index (χ0v) is 19.3. The lowest BCUT2D eigenvalue weighted by Gasteiger charge is -2.62. The fourth-order valence-corrected chi connectivity index (χ4v) is 8.85. The van der Waals surface area contributed by atoms with E-state index in [4.69, 9.17) is 14.2 Å². The van der Waals surface area contributed by atoms with Gasteiger partial charge in [-0.3, -0.25) is 14.4 Å². The van der Waals surface area contributed by atoms with E-state index in [-0.39, 0.29) is 53.2 Å². The molecule has 31 heavy (non-hydrogen) atoms. The van der Waals surface area contributed by atoms with Gasteiger partial charge in [-0.2, -0.15) is 0 Å². The van der Waals surface area contributed by atoms with E-state index in [2.05, 4.69) is 13.8 Å². The summed E-state index contributed by atoms with van der Waals surface area (Å²) < 4.78 is 17.8. The minimum absolute atomic E-state index is 0.00480. The number of carbonyl (C=O) groups is 3. The van der Waals surface area contributed by atoms with Crippen LogP contribution < -0.4 is 0 Å². The van der Waals surface area contributed by atoms with E-state index in [1.54, 1.807) is 6.92 Å². The summed E-state index contributed by atoms with van der Waals surface area (Å²) in [6, 6.07) is 0. The molecule has 4 aliphatic carbocycles. The van der Waals surface area contributed by atoms with Crippen LogP contribution in [-0.4, -0.2) is 42.6 Å². The fourth-order valence-electron chi connectivity index (χ4n) is 8.85. The predicted molar refractivity (Wildman–Crippen MR) is 112 cm³/mol. The molecule has 172 valence electrons. The molecule has 0 aromatic rings. The minimum Gasteiger partial charge on any atom is -0.462 e. The molecule has 0 aromatic carbocycles. The predicted octanol–water partition coefficient (Wildman–Crippen LogP) is 3.70. The van der Waals surface area contributed by atoms with Crippen LogP contribution in [0.3, 0.4) is 0 Å². The van der Waals surface area contributed by atoms with Crippen molar-refractivity contribution in [2.75, 3.05) is 13.2 Å². The van der Waals surface area contributed by atoms with E-state index in [1.165, 1.54) is 6.92 Å². The highest BCUT2D eigenvalue weighted by molar-refractivity contribution is 5.87. The number of ketones is 2. The number of hydrogen-bond acceptors (Lipinski definition) is 6. The Bertz CT molecular complexity index is 800. The Morgan fingerprint density at radius 2 is 1.71 bits per heavy atom. The van der Waals surface area contributed by atoms with Gasteiger partial charge in [0.1, 0.15) is 17.7 Å². The Hall–Kier alpha value is -1.27. The van der Waals surface area contributed by atoms with Gasteiger partial charge in [0.25, 0.3) is 0 Å². The molecule has 5 fully saturated rings. The minimum atomic E-state index is -0.749. The van der Waals surface area contributed by atoms with E-state index in [0.29, 0.717) is 31.5 Å². The molecule has 5 unspecified atom stereocenters. The van der Waals surface area contributed by atoms with E-state index in [0.717, 1.165) is 32.1 Å². The summed E-state index contributed by atoms with van der Waals surface area (Å²) in [5, 5.41) is 0. The Balaban J connectivity index is 1.53. The van der Waals surface area contributed by atoms with E-state index >= 15 is 0 Å². The number of carbonyl (C=O) groups excluding carboxylic acids is 3. The summed E-state index contributed by atoms with van der Waals surface area (Å²) in [7, 11) is 0. The molecule has 0 aromatic heterocycles. The van der Waals surface area contributed by atoms with Gasteiger partial charge in [-0.25, -0.2) is 0 Å². The second kappa shape index (κ2) is 7.11. The van der Waals surface area contributed by atoms with Crippen molar-refractivity contribution in [3.8, 4) is 0 Å². The molecule has 0 amide bonds. The molecule has 1 saturated heterocycles. The van der Waals surface area contributed by atoms with Crippen molar-refractivity contribution < 1.29 is 28.6 Å². The van der Waals surface area contributed by atoms with Gasteiger partial charge in [-0.05, 0) is 62.2 Å². The first-order valence-electron chi connectivity index (χ1n) is 12.1. The summed E-state index contributed by atoms with van der Waals surface area (Å²) >= 11 is 0. The van der Waals surface area contributed by atoms with Crippen LogP contribution in [-0.2, 0) is 28.6 Å². The maximum atomic E-state index is 13.8. The van der Waals surface area contributed by atoms with Crippen molar-refractivity contribution in [1.82, 2.24) is 0 Å². The van der Waals surface area contributed by atoms with Gasteiger partial charge in [0, 0.05) is 30.6 Å². The summed E-state index contributed by atoms with van der Waals surface area (Å²) in [5.41, 5.74) is -0.702. The topological polar surface area (TPSA) is 78.9 Å². The van der Waals surface area contributed by atoms with Gasteiger partial charge in [-0.1, -0.05) is 13.8 Å². The summed E-state index contributed by atoms with van der Waals surface area (Å²) in [6.07, 6.45) is 5.29. The fraction of sp³-hybridized carbons (Fsp3) is 0.880. The van der Waals surface area contributed by atoms with Crippen molar-refractivity contribution in [3.05, 3.63) is 0 Å². The quantitative estimate of drug-likeness (QED) is 0.619. The van der Waals surface area contributed by atoms with Crippen LogP contribution in [0.15, 0.2) is 0 Å². The number of Topliss-reactive ketones (excluding diaryl/α,β-unsaturated/α-hetero) is 2. The third-order valence-electron chi connectivity index (χ3n) is 10.0. The van der Waals surface area contributed by atoms with Crippen molar-refractivity contribution >= 4 is 17.5 Å². The maximum absolute atomic E-state index is 13.8. The van der Waals surface area contributed by atoms with Crippen LogP contribution >= 0.6 is 0 Å². The summed E-state index contributed by atoms with van der Waals surface area (Å²) in [4.78, 5) is 38.4. The van der Waals surface area contributed by atoms with Gasteiger partial charge in [0.15, 0.2) is 5.79 Å². The molecular weight excluding hydrogens is 396 g/mol. The lowest BCUT2D eigenvalue weighted by atomic mass is 9.43. The molecule has 0 N–H and O–H groups in total. The van der Waals surface area contributed by atoms with Gasteiger partial charge < -0.3 is 14.2 Å². The molecular formula is C25H36O6. The molecule has 0 radical (unpaired) electrons. The molecule has 5 rings (SSSR count). The Labute approximate surface area is 184 Å². The maximum Gasteiger partial charge on any atom is 0.302 e. The van der Waals surface area contributed by atoms with Gasteiger partial charge in [0.05, 0.1) is 19.6 Å². The van der Waals surface area contributed by atoms with Crippen LogP contribution in [0.2, 0.25) is 0 Å². The molecule has 0 bridgehead atoms. The van der Waals surface area contributed by atoms with Crippen molar-refractivity contribution in [2.24, 2.45) is 40.4 Å². The SMILES string of the molecule is CC(=O)O[C@@H]1C[C@]2(C)C(C(C)=O)CCC2C2CCC3CC4(CC(=O)[C@]3(C)C21)OCCO4. The Morgan fingerprint density at radius 3 is 2.35 bits per heavy atom. The zero-order valence-electron chi connectivity index (χ0n) is 19.3. The first-order chi connectivity index (χ1) is 14.6. The largest absolute Gasteiger partial charge is 0.462 e. The van der Waals surface area contributed by atoms with Crippen LogP contribution in [0.1, 0.15) is 72.6 Å². The van der Waals surface area contributed by atoms with Crippen LogP contribution in [0.5, 0.6) is 0 Å². The highest BCUT2D eigenvalue weighted by atomic mass is 16.7. The lowest BCUT2D eigenvalue weighted by Crippen LogP contribution is -2.64. The van der Waals surface area contributed by atoms with Crippen molar-refractivity contribution in [2.45, 2.75) is 84.5 Å². The normalized spacial score (nSPS) is 48.1. The van der Waals surface area contributed by atoms with Crippen LogP contribution in [0.4, 0.5) is 0 Å².